The fourth-order valence-electron chi connectivity index (χ4n) is 6.65. The Labute approximate surface area is 213 Å². The molecule has 7 nitrogen and oxygen atoms in total. The van der Waals surface area contributed by atoms with Crippen LogP contribution in [0, 0.1) is 5.82 Å². The average molecular weight is 495 g/mol. The molecule has 2 atom stereocenters. The summed E-state index contributed by atoms with van der Waals surface area (Å²) in [5, 5.41) is 0. The lowest BCUT2D eigenvalue weighted by atomic mass is 9.77. The molecule has 4 heterocycles. The number of nitrogens with two attached hydrogens (primary N) is 1. The monoisotopic (exact) mass is 494 g/mol. The molecule has 0 saturated heterocycles. The number of nitrogens with zero attached hydrogens (tertiary/aromatic N) is 5. The second-order valence-corrected chi connectivity index (χ2v) is 11.2. The summed E-state index contributed by atoms with van der Waals surface area (Å²) in [6.45, 7) is 0. The third kappa shape index (κ3) is 2.90. The van der Waals surface area contributed by atoms with Crippen LogP contribution in [0.2, 0.25) is 0 Å². The van der Waals surface area contributed by atoms with Gasteiger partial charge >= 0.3 is 0 Å². The maximum absolute atomic E-state index is 15.4. The highest BCUT2D eigenvalue weighted by Gasteiger charge is 2.45. The van der Waals surface area contributed by atoms with Gasteiger partial charge < -0.3 is 15.2 Å². The molecular formula is C29H27FN6O. The Balaban J connectivity index is 1.30. The highest BCUT2D eigenvalue weighted by atomic mass is 19.1. The summed E-state index contributed by atoms with van der Waals surface area (Å²) < 4.78 is 17.7. The third-order valence-electron chi connectivity index (χ3n) is 9.02. The maximum atomic E-state index is 15.4. The number of aromatic nitrogens is 4. The zero-order valence-electron chi connectivity index (χ0n) is 20.6. The Morgan fingerprint density at radius 3 is 2.57 bits per heavy atom. The number of carbonyl (C=O) groups is 1. The minimum absolute atomic E-state index is 0.0154. The summed E-state index contributed by atoms with van der Waals surface area (Å²) in [4.78, 5) is 29.2. The van der Waals surface area contributed by atoms with E-state index in [4.69, 9.17) is 10.7 Å². The first-order valence-electron chi connectivity index (χ1n) is 13.2. The molecule has 1 amide bonds. The quantitative estimate of drug-likeness (QED) is 0.434. The van der Waals surface area contributed by atoms with Crippen LogP contribution in [-0.2, 0) is 5.54 Å². The minimum Gasteiger partial charge on any atom is -0.331 e. The van der Waals surface area contributed by atoms with Gasteiger partial charge in [-0.25, -0.2) is 19.3 Å². The number of fused-ring (bicyclic) bond motifs is 9. The zero-order chi connectivity index (χ0) is 25.1. The SMILES string of the molecule is CN1C(=O)c2cccc(C3CC3)c2[C@H]2C[C@@H]1c1nc3cc(F)c(-c4cnc(C5(N)CCC5)nc4)cc3n12. The molecule has 2 bridgehead atoms. The van der Waals surface area contributed by atoms with Crippen LogP contribution in [0.3, 0.4) is 0 Å². The summed E-state index contributed by atoms with van der Waals surface area (Å²) >= 11 is 0. The molecule has 0 spiro atoms. The number of amides is 1. The highest BCUT2D eigenvalue weighted by Crippen LogP contribution is 2.52. The molecule has 2 aliphatic heterocycles. The predicted molar refractivity (Wildman–Crippen MR) is 136 cm³/mol. The van der Waals surface area contributed by atoms with Crippen LogP contribution < -0.4 is 5.73 Å². The van der Waals surface area contributed by atoms with E-state index in [1.54, 1.807) is 12.4 Å². The first kappa shape index (κ1) is 21.4. The van der Waals surface area contributed by atoms with Crippen LogP contribution in [-0.4, -0.2) is 37.4 Å². The van der Waals surface area contributed by atoms with Crippen molar-refractivity contribution in [3.63, 3.8) is 0 Å². The largest absolute Gasteiger partial charge is 0.331 e. The van der Waals surface area contributed by atoms with Crippen LogP contribution in [0.4, 0.5) is 4.39 Å². The molecule has 2 aromatic heterocycles. The average Bonchev–Trinajstić information content (AvgIpc) is 3.61. The fraction of sp³-hybridized carbons (Fsp3) is 0.379. The molecule has 4 aromatic rings. The van der Waals surface area contributed by atoms with Gasteiger partial charge in [0.15, 0.2) is 0 Å². The van der Waals surface area contributed by atoms with Gasteiger partial charge in [0.25, 0.3) is 5.91 Å². The Morgan fingerprint density at radius 2 is 1.86 bits per heavy atom. The van der Waals surface area contributed by atoms with E-state index in [0.717, 1.165) is 61.0 Å². The first-order valence-corrected chi connectivity index (χ1v) is 13.2. The topological polar surface area (TPSA) is 89.9 Å². The molecule has 4 aliphatic rings. The van der Waals surface area contributed by atoms with Gasteiger partial charge in [-0.2, -0.15) is 0 Å². The van der Waals surface area contributed by atoms with E-state index in [-0.39, 0.29) is 23.8 Å². The van der Waals surface area contributed by atoms with Gasteiger partial charge in [-0.05, 0) is 61.3 Å². The van der Waals surface area contributed by atoms with E-state index in [1.165, 1.54) is 11.6 Å². The maximum Gasteiger partial charge on any atom is 0.254 e. The second kappa shape index (κ2) is 7.22. The van der Waals surface area contributed by atoms with Crippen molar-refractivity contribution >= 4 is 16.9 Å². The standard InChI is InChI=1S/C29H27FN6O/c1-35-24-12-23(25-17(15-6-7-15)4-2-5-18(25)27(35)37)36-22-10-19(20(30)11-21(22)34-26(24)36)16-13-32-28(33-14-16)29(31)8-3-9-29/h2,4-5,10-11,13-15,23-24H,3,6-9,12,31H2,1H3/t23-,24-/m1/s1. The number of rotatable bonds is 3. The molecule has 8 heteroatoms. The fourth-order valence-corrected chi connectivity index (χ4v) is 6.65. The van der Waals surface area contributed by atoms with Crippen LogP contribution in [0.25, 0.3) is 22.2 Å². The Morgan fingerprint density at radius 1 is 1.08 bits per heavy atom. The number of halogens is 1. The summed E-state index contributed by atoms with van der Waals surface area (Å²) in [7, 11) is 1.86. The van der Waals surface area contributed by atoms with Crippen molar-refractivity contribution in [3.8, 4) is 11.1 Å². The van der Waals surface area contributed by atoms with E-state index >= 15 is 4.39 Å². The van der Waals surface area contributed by atoms with E-state index < -0.39 is 5.54 Å². The van der Waals surface area contributed by atoms with Crippen molar-refractivity contribution in [1.29, 1.82) is 0 Å². The predicted octanol–water partition coefficient (Wildman–Crippen LogP) is 4.97. The normalized spacial score (nSPS) is 23.5. The summed E-state index contributed by atoms with van der Waals surface area (Å²) in [5.41, 5.74) is 11.6. The van der Waals surface area contributed by atoms with Crippen molar-refractivity contribution in [1.82, 2.24) is 24.4 Å². The van der Waals surface area contributed by atoms with Gasteiger partial charge in [0, 0.05) is 48.6 Å². The van der Waals surface area contributed by atoms with Crippen LogP contribution >= 0.6 is 0 Å². The van der Waals surface area contributed by atoms with E-state index in [9.17, 15) is 4.79 Å². The molecule has 0 radical (unpaired) electrons. The van der Waals surface area contributed by atoms with Gasteiger partial charge in [-0.15, -0.1) is 0 Å². The highest BCUT2D eigenvalue weighted by molar-refractivity contribution is 5.97. The van der Waals surface area contributed by atoms with Crippen molar-refractivity contribution in [2.24, 2.45) is 5.73 Å². The molecule has 2 aliphatic carbocycles. The van der Waals surface area contributed by atoms with Crippen LogP contribution in [0.5, 0.6) is 0 Å². The molecule has 0 unspecified atom stereocenters. The Bertz CT molecular complexity index is 1620. The van der Waals surface area contributed by atoms with Gasteiger partial charge in [0.2, 0.25) is 0 Å². The molecule has 2 N–H and O–H groups in total. The molecule has 186 valence electrons. The number of imidazole rings is 1. The second-order valence-electron chi connectivity index (χ2n) is 11.2. The molecule has 2 aromatic carbocycles. The molecule has 2 fully saturated rings. The number of hydrogen-bond acceptors (Lipinski definition) is 5. The van der Waals surface area contributed by atoms with Crippen LogP contribution in [0.15, 0.2) is 42.7 Å². The smallest absolute Gasteiger partial charge is 0.254 e. The van der Waals surface area contributed by atoms with Gasteiger partial charge in [-0.1, -0.05) is 12.1 Å². The molecular weight excluding hydrogens is 467 g/mol. The lowest BCUT2D eigenvalue weighted by Crippen LogP contribution is -2.44. The lowest BCUT2D eigenvalue weighted by molar-refractivity contribution is 0.0734. The zero-order valence-corrected chi connectivity index (χ0v) is 20.6. The van der Waals surface area contributed by atoms with Gasteiger partial charge in [-0.3, -0.25) is 4.79 Å². The minimum atomic E-state index is -0.459. The van der Waals surface area contributed by atoms with E-state index in [2.05, 4.69) is 20.6 Å². The first-order chi connectivity index (χ1) is 17.9. The van der Waals surface area contributed by atoms with Crippen LogP contribution in [0.1, 0.15) is 89.7 Å². The molecule has 2 saturated carbocycles. The summed E-state index contributed by atoms with van der Waals surface area (Å²) in [6, 6.07) is 9.35. The van der Waals surface area contributed by atoms with Crippen molar-refractivity contribution in [3.05, 3.63) is 76.9 Å². The Kier molecular flexibility index (Phi) is 4.18. The third-order valence-corrected chi connectivity index (χ3v) is 9.02. The number of hydrogen-bond donors (Lipinski definition) is 1. The number of carbonyl (C=O) groups excluding carboxylic acids is 1. The van der Waals surface area contributed by atoms with Crippen molar-refractivity contribution in [2.75, 3.05) is 7.05 Å². The molecule has 8 rings (SSSR count). The van der Waals surface area contributed by atoms with E-state index in [1.807, 2.05) is 30.1 Å². The van der Waals surface area contributed by atoms with Crippen molar-refractivity contribution < 1.29 is 9.18 Å². The molecule has 37 heavy (non-hydrogen) atoms. The van der Waals surface area contributed by atoms with Crippen molar-refractivity contribution in [2.45, 2.75) is 62.1 Å². The van der Waals surface area contributed by atoms with E-state index in [0.29, 0.717) is 28.4 Å². The van der Waals surface area contributed by atoms with Gasteiger partial charge in [0.05, 0.1) is 28.7 Å². The Hall–Kier alpha value is -3.65. The summed E-state index contributed by atoms with van der Waals surface area (Å²) in [5.74, 6) is 1.63. The lowest BCUT2D eigenvalue weighted by Gasteiger charge is -2.36. The number of benzene rings is 2. The summed E-state index contributed by atoms with van der Waals surface area (Å²) in [6.07, 6.45) is 9.27. The van der Waals surface area contributed by atoms with Gasteiger partial charge in [0.1, 0.15) is 17.5 Å².